The van der Waals surface area contributed by atoms with Gasteiger partial charge in [-0.25, -0.2) is 0 Å². The Bertz CT molecular complexity index is 419. The summed E-state index contributed by atoms with van der Waals surface area (Å²) in [5.74, 6) is -1.94. The summed E-state index contributed by atoms with van der Waals surface area (Å²) in [5, 5.41) is 11.2. The van der Waals surface area contributed by atoms with Crippen molar-refractivity contribution in [1.29, 1.82) is 0 Å². The second-order valence-corrected chi connectivity index (χ2v) is 6.10. The maximum Gasteiger partial charge on any atom is 0.471 e. The van der Waals surface area contributed by atoms with Gasteiger partial charge in [0.15, 0.2) is 0 Å². The topological polar surface area (TPSA) is 69.6 Å². The highest BCUT2D eigenvalue weighted by Gasteiger charge is 2.38. The van der Waals surface area contributed by atoms with Crippen molar-refractivity contribution < 1.29 is 29.2 Å². The highest BCUT2D eigenvalue weighted by atomic mass is 19.4. The van der Waals surface area contributed by atoms with Crippen LogP contribution < -0.4 is 5.32 Å². The number of amides is 2. The van der Waals surface area contributed by atoms with Gasteiger partial charge < -0.3 is 15.3 Å². The number of unbranched alkanes of at least 4 members (excludes halogenated alkanes) is 2. The molecule has 134 valence electrons. The number of hydrogen-bond acceptors (Lipinski definition) is 3. The maximum atomic E-state index is 12.1. The van der Waals surface area contributed by atoms with Crippen molar-refractivity contribution in [2.24, 2.45) is 5.41 Å². The zero-order chi connectivity index (χ0) is 18.2. The van der Waals surface area contributed by atoms with E-state index in [-0.39, 0.29) is 26.0 Å². The minimum absolute atomic E-state index is 0.00847. The van der Waals surface area contributed by atoms with Crippen LogP contribution in [0, 0.1) is 5.41 Å². The van der Waals surface area contributed by atoms with Gasteiger partial charge in [-0.3, -0.25) is 9.59 Å². The fourth-order valence-corrected chi connectivity index (χ4v) is 2.43. The summed E-state index contributed by atoms with van der Waals surface area (Å²) < 4.78 is 43.4. The molecule has 0 aliphatic carbocycles. The molecule has 0 atom stereocenters. The molecule has 0 unspecified atom stereocenters. The van der Waals surface area contributed by atoms with Crippen molar-refractivity contribution in [2.75, 3.05) is 26.2 Å². The predicted octanol–water partition coefficient (Wildman–Crippen LogP) is 1.85. The number of nitrogens with zero attached hydrogens (tertiary/aromatic N) is 1. The molecule has 1 saturated heterocycles. The van der Waals surface area contributed by atoms with Crippen LogP contribution in [0.25, 0.3) is 0 Å². The number of rotatable bonds is 7. The molecule has 0 radical (unpaired) electrons. The smallest absolute Gasteiger partial charge is 0.396 e. The van der Waals surface area contributed by atoms with Crippen molar-refractivity contribution in [3.8, 4) is 0 Å². The summed E-state index contributed by atoms with van der Waals surface area (Å²) in [6.07, 6.45) is -1.80. The monoisotopic (exact) mass is 340 g/mol. The van der Waals surface area contributed by atoms with Gasteiger partial charge in [0.05, 0.1) is 0 Å². The quantitative estimate of drug-likeness (QED) is 0.695. The number of halogens is 3. The van der Waals surface area contributed by atoms with E-state index in [1.54, 1.807) is 10.2 Å². The largest absolute Gasteiger partial charge is 0.471 e. The van der Waals surface area contributed by atoms with Crippen molar-refractivity contribution in [3.05, 3.63) is 0 Å². The summed E-state index contributed by atoms with van der Waals surface area (Å²) >= 11 is 0. The predicted molar refractivity (Wildman–Crippen MR) is 78.5 cm³/mol. The van der Waals surface area contributed by atoms with Gasteiger partial charge in [0.1, 0.15) is 0 Å². The fourth-order valence-electron chi connectivity index (χ4n) is 2.43. The molecule has 0 aromatic heterocycles. The highest BCUT2D eigenvalue weighted by Crippen LogP contribution is 2.30. The molecule has 8 heteroatoms. The van der Waals surface area contributed by atoms with Gasteiger partial charge in [-0.15, -0.1) is 0 Å². The van der Waals surface area contributed by atoms with Gasteiger partial charge in [-0.2, -0.15) is 13.2 Å². The molecule has 0 saturated carbocycles. The SMILES string of the molecule is [3H]CC1(CO)CCN(C(=O)CCCCCNC(=O)C(F)(F)F)CC1. The third-order valence-electron chi connectivity index (χ3n) is 4.12. The number of nitrogens with one attached hydrogen (secondary N) is 1. The average Bonchev–Trinajstić information content (AvgIpc) is 2.56. The van der Waals surface area contributed by atoms with Crippen LogP contribution in [0.3, 0.4) is 0 Å². The van der Waals surface area contributed by atoms with Crippen LogP contribution in [0.5, 0.6) is 0 Å². The second-order valence-electron chi connectivity index (χ2n) is 6.10. The molecule has 2 N–H and O–H groups in total. The Balaban J connectivity index is 2.14. The number of aliphatic hydroxyl groups excluding tert-OH is 1. The molecular weight excluding hydrogens is 313 g/mol. The molecule has 1 aliphatic rings. The van der Waals surface area contributed by atoms with E-state index in [2.05, 4.69) is 0 Å². The Morgan fingerprint density at radius 1 is 1.26 bits per heavy atom. The summed E-state index contributed by atoms with van der Waals surface area (Å²) in [6, 6.07) is 0. The van der Waals surface area contributed by atoms with Crippen molar-refractivity contribution in [1.82, 2.24) is 10.2 Å². The molecule has 1 heterocycles. The van der Waals surface area contributed by atoms with Gasteiger partial charge >= 0.3 is 12.1 Å². The summed E-state index contributed by atoms with van der Waals surface area (Å²) in [6.45, 7) is 1.11. The van der Waals surface area contributed by atoms with Crippen LogP contribution in [0.2, 0.25) is 0 Å². The first-order valence-corrected chi connectivity index (χ1v) is 7.77. The van der Waals surface area contributed by atoms with E-state index in [4.69, 9.17) is 1.37 Å². The zero-order valence-electron chi connectivity index (χ0n) is 14.1. The van der Waals surface area contributed by atoms with Crippen molar-refractivity contribution >= 4 is 11.8 Å². The third kappa shape index (κ3) is 6.76. The lowest BCUT2D eigenvalue weighted by Gasteiger charge is -2.38. The number of hydrogen-bond donors (Lipinski definition) is 2. The Morgan fingerprint density at radius 3 is 2.43 bits per heavy atom. The molecule has 5 nitrogen and oxygen atoms in total. The van der Waals surface area contributed by atoms with E-state index in [9.17, 15) is 27.9 Å². The Morgan fingerprint density at radius 2 is 1.91 bits per heavy atom. The van der Waals surface area contributed by atoms with E-state index in [1.165, 1.54) is 0 Å². The van der Waals surface area contributed by atoms with Crippen molar-refractivity contribution in [3.63, 3.8) is 0 Å². The fraction of sp³-hybridized carbons (Fsp3) is 0.867. The minimum atomic E-state index is -4.85. The van der Waals surface area contributed by atoms with Crippen molar-refractivity contribution in [2.45, 2.75) is 51.6 Å². The van der Waals surface area contributed by atoms with E-state index >= 15 is 0 Å². The van der Waals surface area contributed by atoms with Crippen LogP contribution in [0.1, 0.15) is 46.8 Å². The number of piperidine rings is 1. The molecule has 23 heavy (non-hydrogen) atoms. The van der Waals surface area contributed by atoms with E-state index in [0.717, 1.165) is 0 Å². The molecule has 0 aromatic rings. The molecule has 1 fully saturated rings. The van der Waals surface area contributed by atoms with Gasteiger partial charge in [0.2, 0.25) is 5.91 Å². The highest BCUT2D eigenvalue weighted by molar-refractivity contribution is 5.81. The van der Waals surface area contributed by atoms with E-state index in [1.807, 2.05) is 0 Å². The van der Waals surface area contributed by atoms with Gasteiger partial charge in [0.25, 0.3) is 0 Å². The standard InChI is InChI=1S/C15H25F3N2O3/c1-14(11-21)6-9-20(10-7-14)12(22)5-3-2-4-8-19-13(23)15(16,17)18/h21H,2-11H2,1H3,(H,19,23)/i1T. The Kier molecular flexibility index (Phi) is 6.68. The Hall–Kier alpha value is -1.31. The first-order chi connectivity index (χ1) is 11.2. The van der Waals surface area contributed by atoms with Gasteiger partial charge in [-0.1, -0.05) is 13.3 Å². The van der Waals surface area contributed by atoms with Gasteiger partial charge in [0, 0.05) is 34.0 Å². The van der Waals surface area contributed by atoms with Gasteiger partial charge in [-0.05, 0) is 31.1 Å². The average molecular weight is 340 g/mol. The normalized spacial score (nSPS) is 18.4. The number of carbonyl (C=O) groups excluding carboxylic acids is 2. The molecule has 0 bridgehead atoms. The number of likely N-dealkylation sites (tertiary alicyclic amines) is 1. The second kappa shape index (κ2) is 8.52. The number of alkyl halides is 3. The van der Waals surface area contributed by atoms with E-state index in [0.29, 0.717) is 51.6 Å². The number of carbonyl (C=O) groups is 2. The van der Waals surface area contributed by atoms with E-state index < -0.39 is 17.5 Å². The zero-order valence-corrected chi connectivity index (χ0v) is 13.1. The summed E-state index contributed by atoms with van der Waals surface area (Å²) in [4.78, 5) is 24.4. The third-order valence-corrected chi connectivity index (χ3v) is 4.12. The molecule has 1 aliphatic heterocycles. The first kappa shape index (κ1) is 18.0. The minimum Gasteiger partial charge on any atom is -0.396 e. The van der Waals surface area contributed by atoms with Crippen LogP contribution in [0.4, 0.5) is 13.2 Å². The lowest BCUT2D eigenvalue weighted by atomic mass is 9.81. The first-order valence-electron chi connectivity index (χ1n) is 8.48. The lowest BCUT2D eigenvalue weighted by molar-refractivity contribution is -0.173. The molecule has 1 rings (SSSR count). The summed E-state index contributed by atoms with van der Waals surface area (Å²) in [5.41, 5.74) is -0.395. The Labute approximate surface area is 135 Å². The number of aliphatic hydroxyl groups is 1. The van der Waals surface area contributed by atoms with Crippen LogP contribution in [0.15, 0.2) is 0 Å². The molecule has 0 aromatic carbocycles. The van der Waals surface area contributed by atoms with Crippen LogP contribution in [-0.4, -0.2) is 54.2 Å². The molecule has 2 amide bonds. The van der Waals surface area contributed by atoms with Crippen LogP contribution >= 0.6 is 0 Å². The molecule has 0 spiro atoms. The summed E-state index contributed by atoms with van der Waals surface area (Å²) in [7, 11) is 0. The molecular formula is C15H25F3N2O3. The maximum absolute atomic E-state index is 12.1. The van der Waals surface area contributed by atoms with Crippen LogP contribution in [-0.2, 0) is 9.59 Å². The lowest BCUT2D eigenvalue weighted by Crippen LogP contribution is -2.43.